The van der Waals surface area contributed by atoms with E-state index < -0.39 is 45.2 Å². The fourth-order valence-electron chi connectivity index (χ4n) is 4.55. The first-order chi connectivity index (χ1) is 17.3. The van der Waals surface area contributed by atoms with Crippen LogP contribution in [0.5, 0.6) is 0 Å². The number of methoxy groups -OCH3 is 1. The van der Waals surface area contributed by atoms with Gasteiger partial charge in [-0.3, -0.25) is 9.59 Å². The molecule has 0 radical (unpaired) electrons. The molecule has 0 saturated heterocycles. The number of nitrogens with one attached hydrogen (secondary N) is 2. The minimum atomic E-state index is -4.56. The smallest absolute Gasteiger partial charge is 0.416 e. The third kappa shape index (κ3) is 6.89. The van der Waals surface area contributed by atoms with E-state index in [-0.39, 0.29) is 16.7 Å². The van der Waals surface area contributed by atoms with Crippen LogP contribution in [0.2, 0.25) is 0 Å². The number of amides is 1. The first-order valence-corrected chi connectivity index (χ1v) is 13.4. The molecular weight excluding hydrogens is 509 g/mol. The standard InChI is InChI=1S/C26H31F3N2O5S/c1-25(2,24(33)36-3)22(17-7-5-4-6-8-17)30-23(32)18-9-13-20(14-10-18)31-37(34,35)21-15-11-19(12-16-21)26(27,28)29/h4-8,11-12,15-16,18,20,22,31H,9-10,13-14H2,1-3H3,(H,30,32)/t18?,20?,22-/m0/s1. The first-order valence-electron chi connectivity index (χ1n) is 11.9. The Labute approximate surface area is 214 Å². The van der Waals surface area contributed by atoms with Crippen LogP contribution >= 0.6 is 0 Å². The van der Waals surface area contributed by atoms with Gasteiger partial charge in [-0.2, -0.15) is 13.2 Å². The molecule has 3 rings (SSSR count). The number of esters is 1. The van der Waals surface area contributed by atoms with Crippen LogP contribution in [-0.4, -0.2) is 33.4 Å². The number of sulfonamides is 1. The monoisotopic (exact) mass is 540 g/mol. The fourth-order valence-corrected chi connectivity index (χ4v) is 5.86. The SMILES string of the molecule is COC(=O)C(C)(C)[C@@H](NC(=O)C1CCC(NS(=O)(=O)c2ccc(C(F)(F)F)cc2)CC1)c1ccccc1. The second kappa shape index (κ2) is 11.2. The predicted molar refractivity (Wildman–Crippen MR) is 131 cm³/mol. The van der Waals surface area contributed by atoms with Crippen LogP contribution in [0.25, 0.3) is 0 Å². The summed E-state index contributed by atoms with van der Waals surface area (Å²) >= 11 is 0. The summed E-state index contributed by atoms with van der Waals surface area (Å²) < 4.78 is 71.1. The molecule has 202 valence electrons. The van der Waals surface area contributed by atoms with E-state index in [4.69, 9.17) is 4.74 Å². The van der Waals surface area contributed by atoms with Crippen LogP contribution in [0.4, 0.5) is 13.2 Å². The summed E-state index contributed by atoms with van der Waals surface area (Å²) in [5, 5.41) is 2.99. The van der Waals surface area contributed by atoms with Crippen molar-refractivity contribution < 1.29 is 35.9 Å². The van der Waals surface area contributed by atoms with E-state index in [0.29, 0.717) is 25.7 Å². The van der Waals surface area contributed by atoms with Crippen molar-refractivity contribution >= 4 is 21.9 Å². The molecule has 1 amide bonds. The fraction of sp³-hybridized carbons (Fsp3) is 0.462. The Kier molecular flexibility index (Phi) is 8.69. The number of rotatable bonds is 8. The second-order valence-electron chi connectivity index (χ2n) is 9.76. The molecular formula is C26H31F3N2O5S. The van der Waals surface area contributed by atoms with Gasteiger partial charge in [-0.15, -0.1) is 0 Å². The zero-order valence-electron chi connectivity index (χ0n) is 20.8. The van der Waals surface area contributed by atoms with Crippen molar-refractivity contribution in [3.63, 3.8) is 0 Å². The van der Waals surface area contributed by atoms with Crippen molar-refractivity contribution in [2.75, 3.05) is 7.11 Å². The zero-order chi connectivity index (χ0) is 27.4. The highest BCUT2D eigenvalue weighted by molar-refractivity contribution is 7.89. The molecule has 2 N–H and O–H groups in total. The van der Waals surface area contributed by atoms with Crippen LogP contribution in [-0.2, 0) is 30.5 Å². The summed E-state index contributed by atoms with van der Waals surface area (Å²) in [7, 11) is -2.72. The highest BCUT2D eigenvalue weighted by Gasteiger charge is 2.41. The van der Waals surface area contributed by atoms with Crippen molar-refractivity contribution in [2.45, 2.75) is 62.7 Å². The number of hydrogen-bond donors (Lipinski definition) is 2. The molecule has 1 aliphatic rings. The molecule has 7 nitrogen and oxygen atoms in total. The van der Waals surface area contributed by atoms with Crippen LogP contribution in [0.1, 0.15) is 56.7 Å². The summed E-state index contributed by atoms with van der Waals surface area (Å²) in [4.78, 5) is 25.4. The Morgan fingerprint density at radius 1 is 0.946 bits per heavy atom. The molecule has 0 aromatic heterocycles. The van der Waals surface area contributed by atoms with Gasteiger partial charge in [-0.05, 0) is 69.4 Å². The lowest BCUT2D eigenvalue weighted by atomic mass is 9.79. The van der Waals surface area contributed by atoms with Gasteiger partial charge >= 0.3 is 12.1 Å². The highest BCUT2D eigenvalue weighted by Crippen LogP contribution is 2.36. The van der Waals surface area contributed by atoms with E-state index in [9.17, 15) is 31.2 Å². The molecule has 11 heteroatoms. The summed E-state index contributed by atoms with van der Waals surface area (Å²) in [5.74, 6) is -1.09. The van der Waals surface area contributed by atoms with Gasteiger partial charge in [0, 0.05) is 12.0 Å². The third-order valence-electron chi connectivity index (χ3n) is 6.76. The molecule has 0 heterocycles. The van der Waals surface area contributed by atoms with Crippen molar-refractivity contribution in [3.8, 4) is 0 Å². The summed E-state index contributed by atoms with van der Waals surface area (Å²) in [6, 6.07) is 11.3. The normalized spacial score (nSPS) is 19.6. The maximum absolute atomic E-state index is 13.2. The Morgan fingerprint density at radius 3 is 2.03 bits per heavy atom. The maximum Gasteiger partial charge on any atom is 0.416 e. The molecule has 0 aliphatic heterocycles. The quantitative estimate of drug-likeness (QED) is 0.477. The number of ether oxygens (including phenoxy) is 1. The van der Waals surface area contributed by atoms with E-state index in [2.05, 4.69) is 10.0 Å². The predicted octanol–water partition coefficient (Wildman–Crippen LogP) is 4.60. The van der Waals surface area contributed by atoms with Crippen LogP contribution < -0.4 is 10.0 Å². The zero-order valence-corrected chi connectivity index (χ0v) is 21.7. The van der Waals surface area contributed by atoms with Crippen molar-refractivity contribution in [1.29, 1.82) is 0 Å². The van der Waals surface area contributed by atoms with Gasteiger partial charge in [0.05, 0.1) is 29.0 Å². The Balaban J connectivity index is 1.63. The molecule has 0 spiro atoms. The summed E-state index contributed by atoms with van der Waals surface area (Å²) in [6.45, 7) is 3.40. The lowest BCUT2D eigenvalue weighted by Gasteiger charge is -2.35. The molecule has 1 fully saturated rings. The molecule has 1 atom stereocenters. The number of hydrogen-bond acceptors (Lipinski definition) is 5. The van der Waals surface area contributed by atoms with E-state index in [0.717, 1.165) is 29.8 Å². The summed E-state index contributed by atoms with van der Waals surface area (Å²) in [6.07, 6.45) is -2.97. The number of carbonyl (C=O) groups is 2. The van der Waals surface area contributed by atoms with E-state index in [1.807, 2.05) is 30.3 Å². The highest BCUT2D eigenvalue weighted by atomic mass is 32.2. The Hall–Kier alpha value is -2.92. The van der Waals surface area contributed by atoms with Gasteiger partial charge in [-0.1, -0.05) is 30.3 Å². The van der Waals surface area contributed by atoms with E-state index in [1.54, 1.807) is 13.8 Å². The number of halogens is 3. The largest absolute Gasteiger partial charge is 0.469 e. The first kappa shape index (κ1) is 28.6. The topological polar surface area (TPSA) is 102 Å². The number of alkyl halides is 3. The molecule has 1 aliphatic carbocycles. The molecule has 2 aromatic carbocycles. The molecule has 0 bridgehead atoms. The number of benzene rings is 2. The maximum atomic E-state index is 13.2. The van der Waals surface area contributed by atoms with Crippen molar-refractivity contribution in [2.24, 2.45) is 11.3 Å². The van der Waals surface area contributed by atoms with Crippen molar-refractivity contribution in [3.05, 3.63) is 65.7 Å². The Morgan fingerprint density at radius 2 is 1.51 bits per heavy atom. The van der Waals surface area contributed by atoms with Crippen LogP contribution in [0, 0.1) is 11.3 Å². The average molecular weight is 541 g/mol. The van der Waals surface area contributed by atoms with E-state index in [1.165, 1.54) is 7.11 Å². The minimum absolute atomic E-state index is 0.241. The second-order valence-corrected chi connectivity index (χ2v) is 11.5. The lowest BCUT2D eigenvalue weighted by Crippen LogP contribution is -2.46. The summed E-state index contributed by atoms with van der Waals surface area (Å²) in [5.41, 5.74) is -1.22. The average Bonchev–Trinajstić information content (AvgIpc) is 2.86. The van der Waals surface area contributed by atoms with Gasteiger partial charge in [0.25, 0.3) is 0 Å². The molecule has 1 saturated carbocycles. The van der Waals surface area contributed by atoms with Crippen LogP contribution in [0.3, 0.4) is 0 Å². The third-order valence-corrected chi connectivity index (χ3v) is 8.30. The minimum Gasteiger partial charge on any atom is -0.469 e. The lowest BCUT2D eigenvalue weighted by molar-refractivity contribution is -0.153. The van der Waals surface area contributed by atoms with Crippen LogP contribution in [0.15, 0.2) is 59.5 Å². The van der Waals surface area contributed by atoms with Gasteiger partial charge in [0.15, 0.2) is 0 Å². The van der Waals surface area contributed by atoms with Crippen molar-refractivity contribution in [1.82, 2.24) is 10.0 Å². The Bertz CT molecular complexity index is 1190. The van der Waals surface area contributed by atoms with Gasteiger partial charge in [0.1, 0.15) is 0 Å². The molecule has 0 unspecified atom stereocenters. The molecule has 37 heavy (non-hydrogen) atoms. The van der Waals surface area contributed by atoms with E-state index >= 15 is 0 Å². The van der Waals surface area contributed by atoms with Gasteiger partial charge in [0.2, 0.25) is 15.9 Å². The van der Waals surface area contributed by atoms with Gasteiger partial charge in [-0.25, -0.2) is 13.1 Å². The number of carbonyl (C=O) groups excluding carboxylic acids is 2. The van der Waals surface area contributed by atoms with Gasteiger partial charge < -0.3 is 10.1 Å². The molecule has 2 aromatic rings.